The number of rotatable bonds is 5. The average Bonchev–Trinajstić information content (AvgIpc) is 3.15. The van der Waals surface area contributed by atoms with Crippen LogP contribution in [-0.2, 0) is 0 Å². The summed E-state index contributed by atoms with van der Waals surface area (Å²) in [6.45, 7) is 6.52. The molecule has 0 radical (unpaired) electrons. The van der Waals surface area contributed by atoms with Crippen LogP contribution in [0.5, 0.6) is 0 Å². The van der Waals surface area contributed by atoms with Gasteiger partial charge in [-0.3, -0.25) is 0 Å². The second-order valence-corrected chi connectivity index (χ2v) is 6.96. The van der Waals surface area contributed by atoms with Crippen LogP contribution in [0.4, 0.5) is 5.69 Å². The molecule has 0 amide bonds. The van der Waals surface area contributed by atoms with Gasteiger partial charge in [-0.15, -0.1) is 0 Å². The standard InChI is InChI=1S/C25H21N3/c1-17-7-6-10-21(13-17)28-25(20-8-4-3-5-9-20)18(2)23-16-27-24-14-19(15-26)11-12-22(23)24/h3-14,16,25,27-28H,2H2,1H3. The molecule has 3 aromatic carbocycles. The number of fused-ring (bicyclic) bond motifs is 1. The summed E-state index contributed by atoms with van der Waals surface area (Å²) in [6, 6.07) is 26.5. The first-order valence-corrected chi connectivity index (χ1v) is 9.24. The normalized spacial score (nSPS) is 11.7. The zero-order valence-electron chi connectivity index (χ0n) is 15.7. The Morgan fingerprint density at radius 2 is 1.86 bits per heavy atom. The van der Waals surface area contributed by atoms with Crippen molar-refractivity contribution in [1.82, 2.24) is 4.98 Å². The molecule has 0 aliphatic rings. The Hall–Kier alpha value is -3.77. The van der Waals surface area contributed by atoms with Crippen molar-refractivity contribution in [3.8, 4) is 6.07 Å². The van der Waals surface area contributed by atoms with E-state index in [0.717, 1.165) is 33.3 Å². The summed E-state index contributed by atoms with van der Waals surface area (Å²) in [7, 11) is 0. The van der Waals surface area contributed by atoms with Crippen molar-refractivity contribution in [3.63, 3.8) is 0 Å². The van der Waals surface area contributed by atoms with Crippen LogP contribution in [0.1, 0.15) is 28.3 Å². The lowest BCUT2D eigenvalue weighted by atomic mass is 9.93. The molecule has 0 aliphatic carbocycles. The number of aryl methyl sites for hydroxylation is 1. The Bertz CT molecular complexity index is 1180. The molecule has 0 bridgehead atoms. The summed E-state index contributed by atoms with van der Waals surface area (Å²) >= 11 is 0. The van der Waals surface area contributed by atoms with Crippen LogP contribution in [0.25, 0.3) is 16.5 Å². The highest BCUT2D eigenvalue weighted by molar-refractivity contribution is 5.94. The van der Waals surface area contributed by atoms with E-state index in [-0.39, 0.29) is 6.04 Å². The maximum absolute atomic E-state index is 9.15. The third kappa shape index (κ3) is 3.41. The van der Waals surface area contributed by atoms with Gasteiger partial charge in [0.1, 0.15) is 0 Å². The van der Waals surface area contributed by atoms with E-state index in [0.29, 0.717) is 5.56 Å². The van der Waals surface area contributed by atoms with Crippen LogP contribution in [0.2, 0.25) is 0 Å². The Morgan fingerprint density at radius 1 is 1.04 bits per heavy atom. The van der Waals surface area contributed by atoms with E-state index < -0.39 is 0 Å². The number of hydrogen-bond acceptors (Lipinski definition) is 2. The molecule has 0 saturated carbocycles. The fourth-order valence-electron chi connectivity index (χ4n) is 3.54. The second-order valence-electron chi connectivity index (χ2n) is 6.96. The molecular weight excluding hydrogens is 342 g/mol. The largest absolute Gasteiger partial charge is 0.374 e. The van der Waals surface area contributed by atoms with Crippen molar-refractivity contribution in [3.05, 3.63) is 108 Å². The molecule has 1 atom stereocenters. The molecule has 2 N–H and O–H groups in total. The molecule has 28 heavy (non-hydrogen) atoms. The first kappa shape index (κ1) is 17.6. The molecule has 3 heteroatoms. The molecule has 136 valence electrons. The van der Waals surface area contributed by atoms with Gasteiger partial charge in [-0.25, -0.2) is 0 Å². The molecule has 1 heterocycles. The number of aromatic amines is 1. The van der Waals surface area contributed by atoms with Gasteiger partial charge in [0.15, 0.2) is 0 Å². The van der Waals surface area contributed by atoms with Crippen LogP contribution in [0.15, 0.2) is 85.6 Å². The molecule has 4 rings (SSSR count). The molecule has 0 aliphatic heterocycles. The Balaban J connectivity index is 1.76. The number of anilines is 1. The van der Waals surface area contributed by atoms with Crippen LogP contribution in [0.3, 0.4) is 0 Å². The number of nitrogens with one attached hydrogen (secondary N) is 2. The lowest BCUT2D eigenvalue weighted by Gasteiger charge is -2.23. The van der Waals surface area contributed by atoms with Crippen LogP contribution >= 0.6 is 0 Å². The summed E-state index contributed by atoms with van der Waals surface area (Å²) in [4.78, 5) is 3.28. The highest BCUT2D eigenvalue weighted by Crippen LogP contribution is 2.35. The minimum absolute atomic E-state index is 0.0716. The van der Waals surface area contributed by atoms with Crippen molar-refractivity contribution in [2.24, 2.45) is 0 Å². The summed E-state index contributed by atoms with van der Waals surface area (Å²) in [5.41, 5.74) is 7.02. The fourth-order valence-corrected chi connectivity index (χ4v) is 3.54. The highest BCUT2D eigenvalue weighted by atomic mass is 14.9. The summed E-state index contributed by atoms with van der Waals surface area (Å²) < 4.78 is 0. The Kier molecular flexibility index (Phi) is 4.70. The maximum atomic E-state index is 9.15. The topological polar surface area (TPSA) is 51.6 Å². The van der Waals surface area contributed by atoms with Gasteiger partial charge in [0, 0.05) is 28.4 Å². The van der Waals surface area contributed by atoms with Crippen molar-refractivity contribution >= 4 is 22.2 Å². The first-order chi connectivity index (χ1) is 13.7. The first-order valence-electron chi connectivity index (χ1n) is 9.24. The maximum Gasteiger partial charge on any atom is 0.0992 e. The number of H-pyrrole nitrogens is 1. The summed E-state index contributed by atoms with van der Waals surface area (Å²) in [6.07, 6.45) is 1.97. The van der Waals surface area contributed by atoms with Gasteiger partial charge in [0.25, 0.3) is 0 Å². The van der Waals surface area contributed by atoms with E-state index >= 15 is 0 Å². The third-order valence-electron chi connectivity index (χ3n) is 4.97. The minimum Gasteiger partial charge on any atom is -0.374 e. The van der Waals surface area contributed by atoms with Crippen molar-refractivity contribution in [1.29, 1.82) is 5.26 Å². The predicted molar refractivity (Wildman–Crippen MR) is 116 cm³/mol. The molecule has 3 nitrogen and oxygen atoms in total. The molecule has 1 aromatic heterocycles. The predicted octanol–water partition coefficient (Wildman–Crippen LogP) is 6.21. The van der Waals surface area contributed by atoms with Crippen LogP contribution in [-0.4, -0.2) is 4.98 Å². The third-order valence-corrected chi connectivity index (χ3v) is 4.97. The van der Waals surface area contributed by atoms with E-state index in [4.69, 9.17) is 5.26 Å². The van der Waals surface area contributed by atoms with Gasteiger partial charge in [-0.1, -0.05) is 55.1 Å². The Labute approximate surface area is 165 Å². The minimum atomic E-state index is -0.0716. The van der Waals surface area contributed by atoms with Crippen molar-refractivity contribution < 1.29 is 0 Å². The molecule has 0 fully saturated rings. The van der Waals surface area contributed by atoms with E-state index in [1.807, 2.05) is 42.6 Å². The molecule has 4 aromatic rings. The van der Waals surface area contributed by atoms with E-state index in [2.05, 4.69) is 66.3 Å². The summed E-state index contributed by atoms with van der Waals surface area (Å²) in [5, 5.41) is 13.9. The lowest BCUT2D eigenvalue weighted by molar-refractivity contribution is 1.01. The zero-order valence-corrected chi connectivity index (χ0v) is 15.7. The molecule has 0 saturated heterocycles. The van der Waals surface area contributed by atoms with Gasteiger partial charge in [0.05, 0.1) is 17.7 Å². The average molecular weight is 363 g/mol. The lowest BCUT2D eigenvalue weighted by Crippen LogP contribution is -2.12. The van der Waals surface area contributed by atoms with Crippen LogP contribution in [0, 0.1) is 18.3 Å². The second kappa shape index (κ2) is 7.46. The highest BCUT2D eigenvalue weighted by Gasteiger charge is 2.19. The number of nitrogens with zero attached hydrogens (tertiary/aromatic N) is 1. The van der Waals surface area contributed by atoms with E-state index in [9.17, 15) is 0 Å². The zero-order chi connectivity index (χ0) is 19.5. The van der Waals surface area contributed by atoms with E-state index in [1.165, 1.54) is 5.56 Å². The number of benzene rings is 3. The quantitative estimate of drug-likeness (QED) is 0.442. The SMILES string of the molecule is C=C(c1c[nH]c2cc(C#N)ccc12)C(Nc1cccc(C)c1)c1ccccc1. The smallest absolute Gasteiger partial charge is 0.0992 e. The fraction of sp³-hybridized carbons (Fsp3) is 0.0800. The van der Waals surface area contributed by atoms with Crippen molar-refractivity contribution in [2.75, 3.05) is 5.32 Å². The van der Waals surface area contributed by atoms with Gasteiger partial charge in [-0.05, 0) is 47.9 Å². The number of aromatic nitrogens is 1. The van der Waals surface area contributed by atoms with Crippen molar-refractivity contribution in [2.45, 2.75) is 13.0 Å². The van der Waals surface area contributed by atoms with Gasteiger partial charge >= 0.3 is 0 Å². The monoisotopic (exact) mass is 363 g/mol. The number of hydrogen-bond donors (Lipinski definition) is 2. The molecule has 0 spiro atoms. The van der Waals surface area contributed by atoms with Crippen LogP contribution < -0.4 is 5.32 Å². The molecular formula is C25H21N3. The number of nitriles is 1. The summed E-state index contributed by atoms with van der Waals surface area (Å²) in [5.74, 6) is 0. The van der Waals surface area contributed by atoms with Gasteiger partial charge in [-0.2, -0.15) is 5.26 Å². The van der Waals surface area contributed by atoms with Gasteiger partial charge < -0.3 is 10.3 Å². The van der Waals surface area contributed by atoms with E-state index in [1.54, 1.807) is 0 Å². The Morgan fingerprint density at radius 3 is 2.61 bits per heavy atom. The molecule has 1 unspecified atom stereocenters. The van der Waals surface area contributed by atoms with Gasteiger partial charge in [0.2, 0.25) is 0 Å².